The van der Waals surface area contributed by atoms with Gasteiger partial charge in [-0.3, -0.25) is 0 Å². The molecule has 1 aromatic rings. The zero-order chi connectivity index (χ0) is 12.8. The molecule has 5 nitrogen and oxygen atoms in total. The van der Waals surface area contributed by atoms with Crippen LogP contribution in [0.15, 0.2) is 33.6 Å². The van der Waals surface area contributed by atoms with Gasteiger partial charge in [-0.1, -0.05) is 12.1 Å². The molecule has 0 aliphatic carbocycles. The van der Waals surface area contributed by atoms with Crippen molar-refractivity contribution in [3.05, 3.63) is 29.8 Å². The summed E-state index contributed by atoms with van der Waals surface area (Å²) in [5.41, 5.74) is 0.728. The lowest BCUT2D eigenvalue weighted by Crippen LogP contribution is -2.52. The van der Waals surface area contributed by atoms with Gasteiger partial charge >= 0.3 is 0 Å². The first-order chi connectivity index (χ1) is 8.59. The first-order valence-corrected chi connectivity index (χ1v) is 7.45. The van der Waals surface area contributed by atoms with Gasteiger partial charge in [-0.15, -0.1) is 4.40 Å². The van der Waals surface area contributed by atoms with E-state index in [2.05, 4.69) is 21.5 Å². The van der Waals surface area contributed by atoms with Gasteiger partial charge in [0.2, 0.25) is 0 Å². The summed E-state index contributed by atoms with van der Waals surface area (Å²) in [7, 11) is -3.50. The maximum atomic E-state index is 12.0. The number of nitrogens with one attached hydrogen (secondary N) is 1. The Labute approximate surface area is 107 Å². The highest BCUT2D eigenvalue weighted by Crippen LogP contribution is 2.28. The third kappa shape index (κ3) is 1.72. The van der Waals surface area contributed by atoms with Gasteiger partial charge in [-0.2, -0.15) is 8.42 Å². The molecule has 2 heterocycles. The summed E-state index contributed by atoms with van der Waals surface area (Å²) < 4.78 is 27.9. The standard InChI is InChI=1S/C12H15N3O2S/c1-9-8-13-6-7-15(9)12-10-4-2-3-5-11(10)18(16,17)14-12/h2-5,9,13H,6-8H2,1H3. The van der Waals surface area contributed by atoms with Crippen molar-refractivity contribution in [1.82, 2.24) is 10.2 Å². The second-order valence-corrected chi connectivity index (χ2v) is 6.21. The molecule has 18 heavy (non-hydrogen) atoms. The second-order valence-electron chi connectivity index (χ2n) is 4.63. The molecule has 1 atom stereocenters. The highest BCUT2D eigenvalue weighted by molar-refractivity contribution is 7.90. The van der Waals surface area contributed by atoms with Gasteiger partial charge in [-0.25, -0.2) is 0 Å². The van der Waals surface area contributed by atoms with E-state index in [-0.39, 0.29) is 6.04 Å². The molecule has 1 N–H and O–H groups in total. The molecule has 2 aliphatic rings. The smallest absolute Gasteiger partial charge is 0.285 e. The average Bonchev–Trinajstić information content (AvgIpc) is 2.63. The molecule has 0 aromatic heterocycles. The van der Waals surface area contributed by atoms with Crippen LogP contribution < -0.4 is 5.32 Å². The minimum atomic E-state index is -3.50. The Morgan fingerprint density at radius 3 is 2.94 bits per heavy atom. The molecule has 0 spiro atoms. The molecule has 1 fully saturated rings. The Kier molecular flexibility index (Phi) is 2.64. The molecule has 6 heteroatoms. The molecule has 0 radical (unpaired) electrons. The van der Waals surface area contributed by atoms with Gasteiger partial charge in [0.1, 0.15) is 4.90 Å². The molecule has 1 unspecified atom stereocenters. The second kappa shape index (κ2) is 4.07. The van der Waals surface area contributed by atoms with Crippen LogP contribution >= 0.6 is 0 Å². The molecule has 96 valence electrons. The molecule has 1 saturated heterocycles. The largest absolute Gasteiger partial charge is 0.350 e. The monoisotopic (exact) mass is 265 g/mol. The molecular formula is C12H15N3O2S. The summed E-state index contributed by atoms with van der Waals surface area (Å²) in [6, 6.07) is 7.28. The summed E-state index contributed by atoms with van der Waals surface area (Å²) in [5, 5.41) is 3.29. The number of piperazine rings is 1. The summed E-state index contributed by atoms with van der Waals surface area (Å²) in [6.45, 7) is 4.55. The lowest BCUT2D eigenvalue weighted by atomic mass is 10.1. The highest BCUT2D eigenvalue weighted by atomic mass is 32.2. The number of fused-ring (bicyclic) bond motifs is 1. The number of hydrogen-bond acceptors (Lipinski definition) is 4. The predicted molar refractivity (Wildman–Crippen MR) is 69.2 cm³/mol. The van der Waals surface area contributed by atoms with Gasteiger partial charge in [0.15, 0.2) is 5.84 Å². The molecule has 2 aliphatic heterocycles. The first kappa shape index (κ1) is 11.7. The Hall–Kier alpha value is -1.40. The molecule has 0 saturated carbocycles. The lowest BCUT2D eigenvalue weighted by molar-refractivity contribution is 0.275. The number of sulfonamides is 1. The van der Waals surface area contributed by atoms with Gasteiger partial charge < -0.3 is 10.2 Å². The number of benzene rings is 1. The van der Waals surface area contributed by atoms with E-state index in [0.29, 0.717) is 10.7 Å². The van der Waals surface area contributed by atoms with Crippen molar-refractivity contribution in [2.75, 3.05) is 19.6 Å². The fraction of sp³-hybridized carbons (Fsp3) is 0.417. The fourth-order valence-electron chi connectivity index (χ4n) is 2.45. The summed E-state index contributed by atoms with van der Waals surface area (Å²) in [6.07, 6.45) is 0. The zero-order valence-electron chi connectivity index (χ0n) is 10.1. The topological polar surface area (TPSA) is 61.8 Å². The Morgan fingerprint density at radius 2 is 2.17 bits per heavy atom. The number of nitrogens with zero attached hydrogens (tertiary/aromatic N) is 2. The lowest BCUT2D eigenvalue weighted by Gasteiger charge is -2.35. The van der Waals surface area contributed by atoms with E-state index in [0.717, 1.165) is 25.2 Å². The van der Waals surface area contributed by atoms with Crippen LogP contribution in [0.5, 0.6) is 0 Å². The minimum absolute atomic E-state index is 0.249. The fourth-order valence-corrected chi connectivity index (χ4v) is 3.67. The number of amidine groups is 1. The van der Waals surface area contributed by atoms with Crippen molar-refractivity contribution in [2.24, 2.45) is 4.40 Å². The maximum absolute atomic E-state index is 12.0. The van der Waals surface area contributed by atoms with Crippen LogP contribution in [0.25, 0.3) is 0 Å². The Morgan fingerprint density at radius 1 is 1.39 bits per heavy atom. The van der Waals surface area contributed by atoms with E-state index in [1.807, 2.05) is 12.1 Å². The van der Waals surface area contributed by atoms with Crippen molar-refractivity contribution in [3.63, 3.8) is 0 Å². The van der Waals surface area contributed by atoms with Gasteiger partial charge in [-0.05, 0) is 19.1 Å². The van der Waals surface area contributed by atoms with Crippen LogP contribution in [0.3, 0.4) is 0 Å². The maximum Gasteiger partial charge on any atom is 0.285 e. The Balaban J connectivity index is 2.09. The van der Waals surface area contributed by atoms with E-state index < -0.39 is 10.0 Å². The van der Waals surface area contributed by atoms with E-state index >= 15 is 0 Å². The number of rotatable bonds is 0. The SMILES string of the molecule is CC1CNCCN1C1=NS(=O)(=O)c2ccccc21. The van der Waals surface area contributed by atoms with Crippen molar-refractivity contribution >= 4 is 15.9 Å². The normalized spacial score (nSPS) is 25.7. The number of hydrogen-bond donors (Lipinski definition) is 1. The molecule has 3 rings (SSSR count). The van der Waals surface area contributed by atoms with Gasteiger partial charge in [0, 0.05) is 31.2 Å². The van der Waals surface area contributed by atoms with Gasteiger partial charge in [0.25, 0.3) is 10.0 Å². The van der Waals surface area contributed by atoms with Gasteiger partial charge in [0.05, 0.1) is 0 Å². The minimum Gasteiger partial charge on any atom is -0.350 e. The van der Waals surface area contributed by atoms with E-state index in [1.165, 1.54) is 0 Å². The van der Waals surface area contributed by atoms with E-state index in [1.54, 1.807) is 12.1 Å². The van der Waals surface area contributed by atoms with Crippen LogP contribution in [-0.4, -0.2) is 44.8 Å². The Bertz CT molecular complexity index is 610. The summed E-state index contributed by atoms with van der Waals surface area (Å²) in [5.74, 6) is 0.597. The first-order valence-electron chi connectivity index (χ1n) is 6.01. The van der Waals surface area contributed by atoms with Crippen LogP contribution in [0.1, 0.15) is 12.5 Å². The third-order valence-electron chi connectivity index (χ3n) is 3.39. The van der Waals surface area contributed by atoms with Crippen molar-refractivity contribution in [1.29, 1.82) is 0 Å². The summed E-state index contributed by atoms with van der Waals surface area (Å²) >= 11 is 0. The van der Waals surface area contributed by atoms with Crippen molar-refractivity contribution in [2.45, 2.75) is 17.9 Å². The molecular weight excluding hydrogens is 250 g/mol. The van der Waals surface area contributed by atoms with Crippen LogP contribution in [-0.2, 0) is 10.0 Å². The summed E-state index contributed by atoms with van der Waals surface area (Å²) in [4.78, 5) is 2.39. The van der Waals surface area contributed by atoms with Crippen molar-refractivity contribution < 1.29 is 8.42 Å². The third-order valence-corrected chi connectivity index (χ3v) is 4.71. The quantitative estimate of drug-likeness (QED) is 0.739. The molecule has 1 aromatic carbocycles. The van der Waals surface area contributed by atoms with E-state index in [9.17, 15) is 8.42 Å². The van der Waals surface area contributed by atoms with Crippen LogP contribution in [0.4, 0.5) is 0 Å². The average molecular weight is 265 g/mol. The van der Waals surface area contributed by atoms with Crippen LogP contribution in [0, 0.1) is 0 Å². The van der Waals surface area contributed by atoms with E-state index in [4.69, 9.17) is 0 Å². The van der Waals surface area contributed by atoms with Crippen LogP contribution in [0.2, 0.25) is 0 Å². The predicted octanol–water partition coefficient (Wildman–Crippen LogP) is 0.429. The zero-order valence-corrected chi connectivity index (χ0v) is 10.9. The van der Waals surface area contributed by atoms with Crippen molar-refractivity contribution in [3.8, 4) is 0 Å². The molecule has 0 amide bonds. The molecule has 0 bridgehead atoms. The highest BCUT2D eigenvalue weighted by Gasteiger charge is 2.33.